The molecule has 0 saturated heterocycles. The molecule has 40 valence electrons. The third-order valence-corrected chi connectivity index (χ3v) is 1.33. The maximum atomic E-state index is 10.3. The highest BCUT2D eigenvalue weighted by Crippen LogP contribution is 1.97. The van der Waals surface area contributed by atoms with Crippen LogP contribution in [0.25, 0.3) is 0 Å². The number of oxime groups is 1. The van der Waals surface area contributed by atoms with Gasteiger partial charge >= 0.3 is 11.3 Å². The van der Waals surface area contributed by atoms with Gasteiger partial charge in [-0.2, -0.15) is 4.21 Å². The Morgan fingerprint density at radius 1 is 2.00 bits per heavy atom. The SMILES string of the molecule is CN1C=NOS1=O. The first kappa shape index (κ1) is 4.58. The van der Waals surface area contributed by atoms with Crippen LogP contribution in [0.5, 0.6) is 0 Å². The third kappa shape index (κ3) is 0.714. The van der Waals surface area contributed by atoms with Crippen molar-refractivity contribution in [2.45, 2.75) is 0 Å². The Morgan fingerprint density at radius 2 is 2.71 bits per heavy atom. The second-order valence-electron chi connectivity index (χ2n) is 1.06. The molecule has 0 saturated carbocycles. The highest BCUT2D eigenvalue weighted by Gasteiger charge is 2.09. The zero-order chi connectivity index (χ0) is 5.28. The van der Waals surface area contributed by atoms with Gasteiger partial charge in [-0.05, 0) is 0 Å². The minimum Gasteiger partial charge on any atom is -0.269 e. The van der Waals surface area contributed by atoms with E-state index in [4.69, 9.17) is 0 Å². The monoisotopic (exact) mass is 120 g/mol. The van der Waals surface area contributed by atoms with Crippen LogP contribution in [0.15, 0.2) is 5.16 Å². The summed E-state index contributed by atoms with van der Waals surface area (Å²) in [6.07, 6.45) is 1.36. The van der Waals surface area contributed by atoms with Gasteiger partial charge in [-0.15, -0.1) is 0 Å². The molecule has 1 unspecified atom stereocenters. The van der Waals surface area contributed by atoms with Crippen molar-refractivity contribution in [3.05, 3.63) is 0 Å². The van der Waals surface area contributed by atoms with E-state index in [0.717, 1.165) is 0 Å². The fourth-order valence-electron chi connectivity index (χ4n) is 0.214. The molecular formula is C2H4N2O2S. The van der Waals surface area contributed by atoms with Crippen LogP contribution in [0.3, 0.4) is 0 Å². The van der Waals surface area contributed by atoms with Crippen molar-refractivity contribution in [2.75, 3.05) is 7.05 Å². The van der Waals surface area contributed by atoms with Gasteiger partial charge in [0, 0.05) is 7.05 Å². The summed E-state index contributed by atoms with van der Waals surface area (Å²) in [5, 5.41) is 3.25. The summed E-state index contributed by atoms with van der Waals surface area (Å²) in [6, 6.07) is 0. The number of hydrogen-bond acceptors (Lipinski definition) is 3. The summed E-state index contributed by atoms with van der Waals surface area (Å²) in [5.74, 6) is 0. The van der Waals surface area contributed by atoms with Gasteiger partial charge in [0.15, 0.2) is 0 Å². The molecule has 4 nitrogen and oxygen atoms in total. The minimum absolute atomic E-state index is 1.36. The van der Waals surface area contributed by atoms with E-state index in [9.17, 15) is 4.21 Å². The van der Waals surface area contributed by atoms with Crippen LogP contribution in [-0.4, -0.2) is 21.9 Å². The first-order valence-corrected chi connectivity index (χ1v) is 2.69. The van der Waals surface area contributed by atoms with Crippen molar-refractivity contribution >= 4 is 17.6 Å². The molecule has 1 heterocycles. The fraction of sp³-hybridized carbons (Fsp3) is 0.500. The van der Waals surface area contributed by atoms with Crippen molar-refractivity contribution in [3.63, 3.8) is 0 Å². The van der Waals surface area contributed by atoms with Gasteiger partial charge in [-0.25, -0.2) is 4.31 Å². The van der Waals surface area contributed by atoms with Crippen molar-refractivity contribution in [1.29, 1.82) is 0 Å². The summed E-state index contributed by atoms with van der Waals surface area (Å²) < 4.78 is 15.9. The Kier molecular flexibility index (Phi) is 0.976. The number of hydrogen-bond donors (Lipinski definition) is 0. The summed E-state index contributed by atoms with van der Waals surface area (Å²) >= 11 is -1.36. The Hall–Kier alpha value is -0.580. The second-order valence-corrected chi connectivity index (χ2v) is 2.22. The van der Waals surface area contributed by atoms with E-state index in [1.54, 1.807) is 7.05 Å². The summed E-state index contributed by atoms with van der Waals surface area (Å²) in [4.78, 5) is 0. The average molecular weight is 120 g/mol. The number of rotatable bonds is 0. The lowest BCUT2D eigenvalue weighted by atomic mass is 11.2. The highest BCUT2D eigenvalue weighted by atomic mass is 32.2. The molecule has 0 aromatic rings. The first-order chi connectivity index (χ1) is 3.30. The second kappa shape index (κ2) is 1.49. The molecule has 0 bridgehead atoms. The van der Waals surface area contributed by atoms with Crippen LogP contribution in [0.1, 0.15) is 0 Å². The maximum absolute atomic E-state index is 10.3. The molecule has 7 heavy (non-hydrogen) atoms. The van der Waals surface area contributed by atoms with Crippen molar-refractivity contribution in [1.82, 2.24) is 4.31 Å². The molecule has 0 N–H and O–H groups in total. The largest absolute Gasteiger partial charge is 0.340 e. The molecule has 1 atom stereocenters. The molecule has 1 aliphatic rings. The normalized spacial score (nSPS) is 28.1. The molecule has 0 amide bonds. The standard InChI is InChI=1S/C2H4N2O2S/c1-4-2-3-6-7(4)5/h2H,1H3. The summed E-state index contributed by atoms with van der Waals surface area (Å²) in [6.45, 7) is 0. The van der Waals surface area contributed by atoms with Crippen molar-refractivity contribution < 1.29 is 8.49 Å². The van der Waals surface area contributed by atoms with Crippen LogP contribution >= 0.6 is 0 Å². The molecule has 1 aliphatic heterocycles. The van der Waals surface area contributed by atoms with Gasteiger partial charge in [0.2, 0.25) is 0 Å². The molecule has 0 radical (unpaired) electrons. The van der Waals surface area contributed by atoms with Gasteiger partial charge in [-0.3, -0.25) is 4.28 Å². The van der Waals surface area contributed by atoms with E-state index in [-0.39, 0.29) is 0 Å². The average Bonchev–Trinajstić information content (AvgIpc) is 1.91. The van der Waals surface area contributed by atoms with Crippen LogP contribution in [0.2, 0.25) is 0 Å². The molecule has 0 spiro atoms. The summed E-state index contributed by atoms with van der Waals surface area (Å²) in [7, 11) is 1.62. The van der Waals surface area contributed by atoms with Crippen LogP contribution in [0, 0.1) is 0 Å². The van der Waals surface area contributed by atoms with Crippen LogP contribution in [-0.2, 0) is 15.6 Å². The Labute approximate surface area is 43.5 Å². The molecule has 0 aromatic carbocycles. The van der Waals surface area contributed by atoms with Crippen LogP contribution in [0.4, 0.5) is 0 Å². The molecule has 5 heteroatoms. The lowest BCUT2D eigenvalue weighted by Gasteiger charge is -1.95. The third-order valence-electron chi connectivity index (χ3n) is 0.552. The van der Waals surface area contributed by atoms with E-state index < -0.39 is 11.3 Å². The smallest absolute Gasteiger partial charge is 0.269 e. The quantitative estimate of drug-likeness (QED) is 0.431. The molecule has 0 fully saturated rings. The predicted molar refractivity (Wildman–Crippen MR) is 25.5 cm³/mol. The van der Waals surface area contributed by atoms with E-state index in [0.29, 0.717) is 0 Å². The van der Waals surface area contributed by atoms with Gasteiger partial charge in [0.05, 0.1) is 0 Å². The van der Waals surface area contributed by atoms with Crippen molar-refractivity contribution in [3.8, 4) is 0 Å². The first-order valence-electron chi connectivity index (χ1n) is 1.66. The van der Waals surface area contributed by atoms with Gasteiger partial charge in [0.25, 0.3) is 0 Å². The Balaban J connectivity index is 2.62. The van der Waals surface area contributed by atoms with E-state index >= 15 is 0 Å². The zero-order valence-corrected chi connectivity index (χ0v) is 4.51. The molecule has 0 aromatic heterocycles. The van der Waals surface area contributed by atoms with E-state index in [2.05, 4.69) is 9.44 Å². The predicted octanol–water partition coefficient (Wildman–Crippen LogP) is -0.530. The minimum atomic E-state index is -1.36. The highest BCUT2D eigenvalue weighted by molar-refractivity contribution is 7.78. The lowest BCUT2D eigenvalue weighted by molar-refractivity contribution is 0.381. The van der Waals surface area contributed by atoms with Crippen LogP contribution < -0.4 is 0 Å². The van der Waals surface area contributed by atoms with Gasteiger partial charge < -0.3 is 0 Å². The Morgan fingerprint density at radius 3 is 2.86 bits per heavy atom. The van der Waals surface area contributed by atoms with Gasteiger partial charge in [0.1, 0.15) is 6.34 Å². The van der Waals surface area contributed by atoms with E-state index in [1.165, 1.54) is 10.6 Å². The topological polar surface area (TPSA) is 41.9 Å². The molecule has 1 rings (SSSR count). The fourth-order valence-corrected chi connectivity index (χ4v) is 0.546. The maximum Gasteiger partial charge on any atom is 0.340 e. The number of nitrogens with zero attached hydrogens (tertiary/aromatic N) is 2. The summed E-state index contributed by atoms with van der Waals surface area (Å²) in [5.41, 5.74) is 0. The molecular weight excluding hydrogens is 116 g/mol. The zero-order valence-electron chi connectivity index (χ0n) is 3.70. The Bertz CT molecular complexity index is 123. The molecule has 0 aliphatic carbocycles. The van der Waals surface area contributed by atoms with Crippen molar-refractivity contribution in [2.24, 2.45) is 5.16 Å². The van der Waals surface area contributed by atoms with E-state index in [1.807, 2.05) is 0 Å². The lowest BCUT2D eigenvalue weighted by Crippen LogP contribution is -2.12. The van der Waals surface area contributed by atoms with Gasteiger partial charge in [-0.1, -0.05) is 5.16 Å².